The lowest BCUT2D eigenvalue weighted by atomic mass is 10.3. The van der Waals surface area contributed by atoms with Gasteiger partial charge >= 0.3 is 6.01 Å². The molecule has 1 amide bonds. The summed E-state index contributed by atoms with van der Waals surface area (Å²) in [4.78, 5) is 28.6. The quantitative estimate of drug-likeness (QED) is 0.758. The molecule has 0 bridgehead atoms. The second kappa shape index (κ2) is 3.97. The van der Waals surface area contributed by atoms with Gasteiger partial charge in [-0.25, -0.2) is 0 Å². The number of pyridine rings is 1. The van der Waals surface area contributed by atoms with Crippen LogP contribution in [0.1, 0.15) is 16.2 Å². The molecule has 0 aromatic carbocycles. The normalized spacial score (nSPS) is 10.1. The monoisotopic (exact) mass is 220 g/mol. The van der Waals surface area contributed by atoms with Gasteiger partial charge in [-0.1, -0.05) is 5.16 Å². The molecule has 2 rings (SSSR count). The molecule has 0 atom stereocenters. The molecule has 2 N–H and O–H groups in total. The van der Waals surface area contributed by atoms with Crippen LogP contribution in [-0.4, -0.2) is 21.0 Å². The maximum absolute atomic E-state index is 11.6. The number of H-pyrrole nitrogens is 1. The van der Waals surface area contributed by atoms with Crippen LogP contribution in [0.15, 0.2) is 27.6 Å². The molecule has 0 aliphatic carbocycles. The van der Waals surface area contributed by atoms with Crippen LogP contribution in [0.2, 0.25) is 0 Å². The van der Waals surface area contributed by atoms with Crippen molar-refractivity contribution in [3.63, 3.8) is 0 Å². The van der Waals surface area contributed by atoms with Crippen molar-refractivity contribution < 1.29 is 9.32 Å². The van der Waals surface area contributed by atoms with Crippen molar-refractivity contribution in [2.45, 2.75) is 6.92 Å². The maximum atomic E-state index is 11.6. The number of carbonyl (C=O) groups excluding carboxylic acids is 1. The van der Waals surface area contributed by atoms with Gasteiger partial charge in [0.15, 0.2) is 5.82 Å². The van der Waals surface area contributed by atoms with Crippen molar-refractivity contribution in [2.75, 3.05) is 5.32 Å². The van der Waals surface area contributed by atoms with E-state index in [4.69, 9.17) is 4.52 Å². The molecular formula is C9H8N4O3. The van der Waals surface area contributed by atoms with E-state index in [1.54, 1.807) is 6.92 Å². The molecule has 0 aliphatic rings. The summed E-state index contributed by atoms with van der Waals surface area (Å²) in [5.74, 6) is -0.00308. The summed E-state index contributed by atoms with van der Waals surface area (Å²) in [7, 11) is 0. The number of nitrogens with zero attached hydrogens (tertiary/aromatic N) is 2. The smallest absolute Gasteiger partial charge is 0.328 e. The molecule has 82 valence electrons. The van der Waals surface area contributed by atoms with Crippen molar-refractivity contribution in [2.24, 2.45) is 0 Å². The highest BCUT2D eigenvalue weighted by atomic mass is 16.5. The first-order valence-electron chi connectivity index (χ1n) is 4.45. The van der Waals surface area contributed by atoms with Gasteiger partial charge in [0.2, 0.25) is 5.56 Å². The molecule has 7 heteroatoms. The Balaban J connectivity index is 2.14. The van der Waals surface area contributed by atoms with Gasteiger partial charge in [0.1, 0.15) is 0 Å². The first-order chi connectivity index (χ1) is 7.65. The number of aromatic nitrogens is 3. The molecular weight excluding hydrogens is 212 g/mol. The Morgan fingerprint density at radius 2 is 2.31 bits per heavy atom. The second-order valence-electron chi connectivity index (χ2n) is 3.04. The number of hydrogen-bond donors (Lipinski definition) is 2. The van der Waals surface area contributed by atoms with E-state index in [0.29, 0.717) is 11.4 Å². The molecule has 0 saturated carbocycles. The number of aryl methyl sites for hydroxylation is 1. The summed E-state index contributed by atoms with van der Waals surface area (Å²) >= 11 is 0. The van der Waals surface area contributed by atoms with E-state index in [9.17, 15) is 9.59 Å². The van der Waals surface area contributed by atoms with Crippen molar-refractivity contribution in [1.29, 1.82) is 0 Å². The minimum atomic E-state index is -0.431. The van der Waals surface area contributed by atoms with Crippen molar-refractivity contribution >= 4 is 11.9 Å². The minimum absolute atomic E-state index is 0.0219. The molecule has 0 spiro atoms. The molecule has 2 aromatic rings. The average Bonchev–Trinajstić information content (AvgIpc) is 2.65. The fourth-order valence-electron chi connectivity index (χ4n) is 1.07. The summed E-state index contributed by atoms with van der Waals surface area (Å²) < 4.78 is 4.72. The van der Waals surface area contributed by atoms with Gasteiger partial charge in [-0.2, -0.15) is 4.98 Å². The molecule has 0 radical (unpaired) electrons. The SMILES string of the molecule is Cc1noc(NC(=O)c2ccc(=O)[nH]c2)n1. The Kier molecular flexibility index (Phi) is 2.50. The largest absolute Gasteiger partial charge is 0.328 e. The van der Waals surface area contributed by atoms with Crippen LogP contribution >= 0.6 is 0 Å². The maximum Gasteiger partial charge on any atom is 0.328 e. The van der Waals surface area contributed by atoms with Gasteiger partial charge in [-0.05, 0) is 13.0 Å². The van der Waals surface area contributed by atoms with E-state index >= 15 is 0 Å². The Morgan fingerprint density at radius 1 is 1.50 bits per heavy atom. The Labute approximate surface area is 89.5 Å². The number of aromatic amines is 1. The van der Waals surface area contributed by atoms with Gasteiger partial charge in [0.25, 0.3) is 5.91 Å². The number of hydrogen-bond acceptors (Lipinski definition) is 5. The van der Waals surface area contributed by atoms with E-state index in [-0.39, 0.29) is 11.6 Å². The van der Waals surface area contributed by atoms with Crippen LogP contribution < -0.4 is 10.9 Å². The molecule has 2 aromatic heterocycles. The predicted molar refractivity (Wildman–Crippen MR) is 54.1 cm³/mol. The summed E-state index contributed by atoms with van der Waals surface area (Å²) in [6, 6.07) is 2.68. The van der Waals surface area contributed by atoms with E-state index in [0.717, 1.165) is 0 Å². The highest BCUT2D eigenvalue weighted by Crippen LogP contribution is 2.04. The van der Waals surface area contributed by atoms with Crippen LogP contribution in [0, 0.1) is 6.92 Å². The van der Waals surface area contributed by atoms with Gasteiger partial charge in [0, 0.05) is 12.3 Å². The van der Waals surface area contributed by atoms with Crippen LogP contribution in [0.4, 0.5) is 6.01 Å². The lowest BCUT2D eigenvalue weighted by molar-refractivity contribution is 0.102. The van der Waals surface area contributed by atoms with Crippen molar-refractivity contribution in [3.05, 3.63) is 40.1 Å². The van der Waals surface area contributed by atoms with Gasteiger partial charge in [0.05, 0.1) is 5.56 Å². The zero-order valence-electron chi connectivity index (χ0n) is 8.35. The molecule has 7 nitrogen and oxygen atoms in total. The molecule has 0 saturated heterocycles. The minimum Gasteiger partial charge on any atom is -0.328 e. The number of amides is 1. The molecule has 0 fully saturated rings. The Bertz CT molecular complexity index is 552. The van der Waals surface area contributed by atoms with Gasteiger partial charge in [-0.15, -0.1) is 0 Å². The third-order valence-corrected chi connectivity index (χ3v) is 1.79. The topological polar surface area (TPSA) is 101 Å². The standard InChI is InChI=1S/C9H8N4O3/c1-5-11-9(16-13-5)12-8(15)6-2-3-7(14)10-4-6/h2-4H,1H3,(H,10,14)(H,11,12,13,15). The third-order valence-electron chi connectivity index (χ3n) is 1.79. The van der Waals surface area contributed by atoms with Gasteiger partial charge < -0.3 is 9.51 Å². The van der Waals surface area contributed by atoms with E-state index in [2.05, 4.69) is 20.4 Å². The number of rotatable bonds is 2. The zero-order valence-corrected chi connectivity index (χ0v) is 8.35. The summed E-state index contributed by atoms with van der Waals surface area (Å²) in [6.45, 7) is 1.64. The van der Waals surface area contributed by atoms with Gasteiger partial charge in [-0.3, -0.25) is 14.9 Å². The van der Waals surface area contributed by atoms with Crippen molar-refractivity contribution in [3.8, 4) is 0 Å². The van der Waals surface area contributed by atoms with E-state index < -0.39 is 5.91 Å². The molecule has 0 unspecified atom stereocenters. The predicted octanol–water partition coefficient (Wildman–Crippen LogP) is 0.319. The van der Waals surface area contributed by atoms with Crippen LogP contribution in [0.25, 0.3) is 0 Å². The zero-order chi connectivity index (χ0) is 11.5. The number of anilines is 1. The molecule has 16 heavy (non-hydrogen) atoms. The number of nitrogens with one attached hydrogen (secondary N) is 2. The van der Waals surface area contributed by atoms with Crippen LogP contribution in [0.5, 0.6) is 0 Å². The Hall–Kier alpha value is -2.44. The van der Waals surface area contributed by atoms with Crippen LogP contribution in [-0.2, 0) is 0 Å². The van der Waals surface area contributed by atoms with Crippen molar-refractivity contribution in [1.82, 2.24) is 15.1 Å². The summed E-state index contributed by atoms with van der Waals surface area (Å²) in [6.07, 6.45) is 1.31. The lowest BCUT2D eigenvalue weighted by Gasteiger charge is -1.98. The summed E-state index contributed by atoms with van der Waals surface area (Å²) in [5, 5.41) is 5.92. The highest BCUT2D eigenvalue weighted by molar-refractivity contribution is 6.02. The van der Waals surface area contributed by atoms with Crippen LogP contribution in [0.3, 0.4) is 0 Å². The highest BCUT2D eigenvalue weighted by Gasteiger charge is 2.09. The van der Waals surface area contributed by atoms with E-state index in [1.807, 2.05) is 0 Å². The fourth-order valence-corrected chi connectivity index (χ4v) is 1.07. The third kappa shape index (κ3) is 2.14. The first-order valence-corrected chi connectivity index (χ1v) is 4.45. The van der Waals surface area contributed by atoms with E-state index in [1.165, 1.54) is 18.3 Å². The fraction of sp³-hybridized carbons (Fsp3) is 0.111. The molecule has 0 aliphatic heterocycles. The summed E-state index contributed by atoms with van der Waals surface area (Å²) in [5.41, 5.74) is 0.0284. The second-order valence-corrected chi connectivity index (χ2v) is 3.04. The number of carbonyl (C=O) groups is 1. The Morgan fingerprint density at radius 3 is 2.88 bits per heavy atom. The lowest BCUT2D eigenvalue weighted by Crippen LogP contribution is -2.14. The average molecular weight is 220 g/mol. The molecule has 2 heterocycles. The first kappa shape index (κ1) is 10.1.